The van der Waals surface area contributed by atoms with Crippen molar-refractivity contribution < 1.29 is 4.42 Å². The molecule has 47 heavy (non-hydrogen) atoms. The molecule has 4 fully saturated rings. The lowest BCUT2D eigenvalue weighted by Crippen LogP contribution is -2.55. The molecule has 5 aliphatic carbocycles. The number of para-hydroxylation sites is 1. The molecule has 4 bridgehead atoms. The summed E-state index contributed by atoms with van der Waals surface area (Å²) in [5, 5.41) is 2.17. The SMILES string of the molecule is c1ccc(-c2nc(-c3ccc4c(c3)C3(c5ccccc5-4)C4CC5CC(C4)CC3C5)nc(-c3ccc4oc5ccccc5c4c3)n2)cc1. The summed E-state index contributed by atoms with van der Waals surface area (Å²) in [6.07, 6.45) is 6.91. The fourth-order valence-corrected chi connectivity index (χ4v) is 10.5. The highest BCUT2D eigenvalue weighted by molar-refractivity contribution is 6.06. The Morgan fingerprint density at radius 2 is 1.06 bits per heavy atom. The molecule has 4 saturated carbocycles. The number of fused-ring (bicyclic) bond motifs is 6. The van der Waals surface area contributed by atoms with Gasteiger partial charge in [-0.25, -0.2) is 15.0 Å². The molecule has 5 aliphatic rings. The Morgan fingerprint density at radius 1 is 0.468 bits per heavy atom. The monoisotopic (exact) mass is 607 g/mol. The Labute approximate surface area is 273 Å². The molecule has 0 unspecified atom stereocenters. The van der Waals surface area contributed by atoms with Gasteiger partial charge in [0.25, 0.3) is 0 Å². The van der Waals surface area contributed by atoms with Crippen LogP contribution in [0.5, 0.6) is 0 Å². The molecule has 12 rings (SSSR count). The van der Waals surface area contributed by atoms with Crippen LogP contribution in [-0.4, -0.2) is 15.0 Å². The standard InChI is InChI=1S/C43H33N3O/c1-2-8-27(9-3-1)40-44-41(28-15-17-39-35(23-28)34-11-5-7-13-38(34)47-39)46-42(45-40)29-14-16-33-32-10-4-6-12-36(32)43(37(33)24-29)30-19-25-18-26(21-30)22-31(43)20-25/h1-17,23-26,30-31H,18-22H2. The first-order valence-corrected chi connectivity index (χ1v) is 17.2. The van der Waals surface area contributed by atoms with E-state index in [0.717, 1.165) is 56.3 Å². The van der Waals surface area contributed by atoms with Gasteiger partial charge in [-0.3, -0.25) is 0 Å². The molecule has 0 aliphatic heterocycles. The summed E-state index contributed by atoms with van der Waals surface area (Å²) in [5.41, 5.74) is 10.8. The van der Waals surface area contributed by atoms with E-state index >= 15 is 0 Å². The van der Waals surface area contributed by atoms with Crippen LogP contribution in [0.4, 0.5) is 0 Å². The largest absolute Gasteiger partial charge is 0.456 e. The van der Waals surface area contributed by atoms with Gasteiger partial charge in [0.1, 0.15) is 11.2 Å². The van der Waals surface area contributed by atoms with E-state index in [9.17, 15) is 0 Å². The van der Waals surface area contributed by atoms with Crippen LogP contribution in [0, 0.1) is 23.7 Å². The summed E-state index contributed by atoms with van der Waals surface area (Å²) in [6.45, 7) is 0. The molecule has 0 saturated heterocycles. The molecule has 0 amide bonds. The van der Waals surface area contributed by atoms with Crippen LogP contribution in [0.2, 0.25) is 0 Å². The summed E-state index contributed by atoms with van der Waals surface area (Å²) in [5.74, 6) is 5.33. The Kier molecular flexibility index (Phi) is 5.25. The fourth-order valence-electron chi connectivity index (χ4n) is 10.5. The second kappa shape index (κ2) is 9.48. The normalized spacial score (nSPS) is 25.1. The van der Waals surface area contributed by atoms with E-state index in [4.69, 9.17) is 19.4 Å². The summed E-state index contributed by atoms with van der Waals surface area (Å²) < 4.78 is 6.14. The lowest BCUT2D eigenvalue weighted by atomic mass is 9.43. The second-order valence-electron chi connectivity index (χ2n) is 14.5. The molecule has 0 radical (unpaired) electrons. The van der Waals surface area contributed by atoms with Crippen molar-refractivity contribution in [2.75, 3.05) is 0 Å². The molecule has 1 spiro atoms. The lowest BCUT2D eigenvalue weighted by molar-refractivity contribution is -0.0399. The van der Waals surface area contributed by atoms with Crippen molar-refractivity contribution in [1.29, 1.82) is 0 Å². The molecular formula is C43H33N3O. The van der Waals surface area contributed by atoms with Crippen LogP contribution in [0.1, 0.15) is 43.2 Å². The van der Waals surface area contributed by atoms with E-state index < -0.39 is 0 Å². The molecule has 0 atom stereocenters. The zero-order valence-corrected chi connectivity index (χ0v) is 26.1. The highest BCUT2D eigenvalue weighted by Gasteiger charge is 2.61. The summed E-state index contributed by atoms with van der Waals surface area (Å²) >= 11 is 0. The van der Waals surface area contributed by atoms with Crippen molar-refractivity contribution in [3.8, 4) is 45.3 Å². The van der Waals surface area contributed by atoms with Gasteiger partial charge in [-0.2, -0.15) is 0 Å². The highest BCUT2D eigenvalue weighted by Crippen LogP contribution is 2.69. The van der Waals surface area contributed by atoms with Gasteiger partial charge in [-0.1, -0.05) is 84.9 Å². The maximum atomic E-state index is 6.14. The van der Waals surface area contributed by atoms with Crippen molar-refractivity contribution in [2.24, 2.45) is 23.7 Å². The maximum absolute atomic E-state index is 6.14. The smallest absolute Gasteiger partial charge is 0.164 e. The molecule has 226 valence electrons. The first-order valence-electron chi connectivity index (χ1n) is 17.2. The van der Waals surface area contributed by atoms with E-state index in [1.54, 1.807) is 5.56 Å². The third kappa shape index (κ3) is 3.61. The Hall–Kier alpha value is -5.09. The van der Waals surface area contributed by atoms with Crippen molar-refractivity contribution >= 4 is 21.9 Å². The summed E-state index contributed by atoms with van der Waals surface area (Å²) in [6, 6.07) is 41.1. The van der Waals surface area contributed by atoms with Gasteiger partial charge < -0.3 is 4.42 Å². The number of hydrogen-bond donors (Lipinski definition) is 0. The maximum Gasteiger partial charge on any atom is 0.164 e. The molecular weight excluding hydrogens is 574 g/mol. The molecule has 5 aromatic carbocycles. The van der Waals surface area contributed by atoms with E-state index in [-0.39, 0.29) is 5.41 Å². The van der Waals surface area contributed by atoms with Gasteiger partial charge in [0.2, 0.25) is 0 Å². The van der Waals surface area contributed by atoms with E-state index in [1.165, 1.54) is 48.8 Å². The van der Waals surface area contributed by atoms with Crippen LogP contribution in [0.25, 0.3) is 67.2 Å². The molecule has 7 aromatic rings. The minimum atomic E-state index is 0.0981. The van der Waals surface area contributed by atoms with Gasteiger partial charge in [-0.05, 0) is 108 Å². The number of furan rings is 1. The average Bonchev–Trinajstić information content (AvgIpc) is 3.64. The summed E-state index contributed by atoms with van der Waals surface area (Å²) in [7, 11) is 0. The van der Waals surface area contributed by atoms with E-state index in [2.05, 4.69) is 78.9 Å². The molecule has 2 heterocycles. The quantitative estimate of drug-likeness (QED) is 0.201. The van der Waals surface area contributed by atoms with E-state index in [0.29, 0.717) is 23.5 Å². The van der Waals surface area contributed by atoms with E-state index in [1.807, 2.05) is 36.4 Å². The number of benzene rings is 5. The van der Waals surface area contributed by atoms with Crippen LogP contribution >= 0.6 is 0 Å². The van der Waals surface area contributed by atoms with Crippen molar-refractivity contribution in [1.82, 2.24) is 15.0 Å². The number of hydrogen-bond acceptors (Lipinski definition) is 4. The predicted octanol–water partition coefficient (Wildman–Crippen LogP) is 10.5. The minimum Gasteiger partial charge on any atom is -0.456 e. The molecule has 4 nitrogen and oxygen atoms in total. The first kappa shape index (κ1) is 26.0. The third-order valence-corrected chi connectivity index (χ3v) is 12.1. The molecule has 4 heteroatoms. The highest BCUT2D eigenvalue weighted by atomic mass is 16.3. The second-order valence-corrected chi connectivity index (χ2v) is 14.5. The van der Waals surface area contributed by atoms with Gasteiger partial charge in [0.05, 0.1) is 0 Å². The number of rotatable bonds is 3. The van der Waals surface area contributed by atoms with Gasteiger partial charge in [-0.15, -0.1) is 0 Å². The van der Waals surface area contributed by atoms with Crippen LogP contribution < -0.4 is 0 Å². The van der Waals surface area contributed by atoms with Crippen molar-refractivity contribution in [2.45, 2.75) is 37.5 Å². The first-order chi connectivity index (χ1) is 23.2. The van der Waals surface area contributed by atoms with Crippen LogP contribution in [-0.2, 0) is 5.41 Å². The van der Waals surface area contributed by atoms with Crippen molar-refractivity contribution in [3.05, 3.63) is 126 Å². The third-order valence-electron chi connectivity index (χ3n) is 12.1. The van der Waals surface area contributed by atoms with Gasteiger partial charge in [0, 0.05) is 32.9 Å². The zero-order chi connectivity index (χ0) is 30.7. The number of aromatic nitrogens is 3. The van der Waals surface area contributed by atoms with Crippen LogP contribution in [0.15, 0.2) is 120 Å². The minimum absolute atomic E-state index is 0.0981. The van der Waals surface area contributed by atoms with Crippen LogP contribution in [0.3, 0.4) is 0 Å². The topological polar surface area (TPSA) is 51.8 Å². The molecule has 2 aromatic heterocycles. The molecule has 0 N–H and O–H groups in total. The fraction of sp³-hybridized carbons (Fsp3) is 0.233. The van der Waals surface area contributed by atoms with Gasteiger partial charge >= 0.3 is 0 Å². The van der Waals surface area contributed by atoms with Gasteiger partial charge in [0.15, 0.2) is 17.5 Å². The van der Waals surface area contributed by atoms with Crippen molar-refractivity contribution in [3.63, 3.8) is 0 Å². The summed E-state index contributed by atoms with van der Waals surface area (Å²) in [4.78, 5) is 15.4. The zero-order valence-electron chi connectivity index (χ0n) is 26.1. The average molecular weight is 608 g/mol. The number of nitrogens with zero attached hydrogens (tertiary/aromatic N) is 3. The predicted molar refractivity (Wildman–Crippen MR) is 187 cm³/mol. The Bertz CT molecular complexity index is 2360. The lowest BCUT2D eigenvalue weighted by Gasteiger charge is -2.61. The Balaban J connectivity index is 1.11. The Morgan fingerprint density at radius 3 is 1.85 bits per heavy atom.